The number of rotatable bonds is 22. The molecular weight excluding hydrogens is 448 g/mol. The molecule has 0 atom stereocenters. The van der Waals surface area contributed by atoms with Crippen LogP contribution in [0.1, 0.15) is 122 Å². The van der Waals surface area contributed by atoms with Gasteiger partial charge in [0.2, 0.25) is 5.91 Å². The van der Waals surface area contributed by atoms with Crippen LogP contribution < -0.4 is 0 Å². The van der Waals surface area contributed by atoms with Gasteiger partial charge in [-0.2, -0.15) is 0 Å². The number of ether oxygens (including phenoxy) is 1. The van der Waals surface area contributed by atoms with Crippen LogP contribution in [0.5, 0.6) is 0 Å². The predicted molar refractivity (Wildman–Crippen MR) is 143 cm³/mol. The van der Waals surface area contributed by atoms with Crippen molar-refractivity contribution in [3.63, 3.8) is 0 Å². The number of hydrogen-bond donors (Lipinski definition) is 0. The maximum absolute atomic E-state index is 12.3. The standard InChI is InChI=1S/C28H53ClN2O3/c1-2-3-4-5-6-7-8-9-10-11-12-13-14-15-16-26-34-28(33)19-18-27(32)31-24-22-30(23-25-31)21-17-20-29/h2-26H2,1H3. The van der Waals surface area contributed by atoms with Gasteiger partial charge in [0, 0.05) is 38.5 Å². The van der Waals surface area contributed by atoms with Crippen LogP contribution in [0, 0.1) is 0 Å². The summed E-state index contributed by atoms with van der Waals surface area (Å²) in [4.78, 5) is 28.5. The van der Waals surface area contributed by atoms with Crippen LogP contribution in [0.2, 0.25) is 0 Å². The van der Waals surface area contributed by atoms with Crippen molar-refractivity contribution in [1.82, 2.24) is 9.80 Å². The fourth-order valence-electron chi connectivity index (χ4n) is 4.60. The van der Waals surface area contributed by atoms with Gasteiger partial charge in [-0.05, 0) is 19.4 Å². The fraction of sp³-hybridized carbons (Fsp3) is 0.929. The summed E-state index contributed by atoms with van der Waals surface area (Å²) in [6.45, 7) is 7.04. The first-order valence-corrected chi connectivity index (χ1v) is 14.9. The van der Waals surface area contributed by atoms with E-state index in [0.717, 1.165) is 52.0 Å². The Morgan fingerprint density at radius 3 is 1.68 bits per heavy atom. The normalized spacial score (nSPS) is 14.5. The largest absolute Gasteiger partial charge is 0.466 e. The monoisotopic (exact) mass is 500 g/mol. The number of carbonyl (C=O) groups is 2. The molecule has 200 valence electrons. The Hall–Kier alpha value is -0.810. The molecule has 34 heavy (non-hydrogen) atoms. The lowest BCUT2D eigenvalue weighted by atomic mass is 10.0. The van der Waals surface area contributed by atoms with Crippen LogP contribution in [-0.2, 0) is 14.3 Å². The molecule has 0 spiro atoms. The van der Waals surface area contributed by atoms with Crippen molar-refractivity contribution in [3.8, 4) is 0 Å². The quantitative estimate of drug-likeness (QED) is 0.0915. The molecule has 0 aliphatic carbocycles. The van der Waals surface area contributed by atoms with E-state index >= 15 is 0 Å². The van der Waals surface area contributed by atoms with Crippen molar-refractivity contribution in [2.24, 2.45) is 0 Å². The van der Waals surface area contributed by atoms with Gasteiger partial charge in [-0.3, -0.25) is 14.5 Å². The topological polar surface area (TPSA) is 49.9 Å². The number of nitrogens with zero attached hydrogens (tertiary/aromatic N) is 2. The molecule has 1 rings (SSSR count). The van der Waals surface area contributed by atoms with Crippen molar-refractivity contribution >= 4 is 23.5 Å². The molecule has 0 unspecified atom stereocenters. The molecule has 0 aromatic rings. The van der Waals surface area contributed by atoms with Gasteiger partial charge in [-0.1, -0.05) is 96.8 Å². The third kappa shape index (κ3) is 17.6. The van der Waals surface area contributed by atoms with Gasteiger partial charge in [-0.15, -0.1) is 11.6 Å². The molecule has 1 fully saturated rings. The van der Waals surface area contributed by atoms with Gasteiger partial charge in [0.05, 0.1) is 13.0 Å². The summed E-state index contributed by atoms with van der Waals surface area (Å²) in [5, 5.41) is 0. The van der Waals surface area contributed by atoms with Crippen LogP contribution in [0.25, 0.3) is 0 Å². The summed E-state index contributed by atoms with van der Waals surface area (Å²) in [5.41, 5.74) is 0. The summed E-state index contributed by atoms with van der Waals surface area (Å²) in [7, 11) is 0. The van der Waals surface area contributed by atoms with Gasteiger partial charge in [-0.25, -0.2) is 0 Å². The molecule has 6 heteroatoms. The average Bonchev–Trinajstić information content (AvgIpc) is 2.86. The van der Waals surface area contributed by atoms with Crippen molar-refractivity contribution in [2.45, 2.75) is 122 Å². The first-order valence-electron chi connectivity index (χ1n) is 14.4. The number of amides is 1. The SMILES string of the molecule is CCCCCCCCCCCCCCCCCOC(=O)CCC(=O)N1CCN(CCCCl)CC1. The Morgan fingerprint density at radius 1 is 0.676 bits per heavy atom. The van der Waals surface area contributed by atoms with E-state index in [1.807, 2.05) is 4.90 Å². The lowest BCUT2D eigenvalue weighted by Gasteiger charge is -2.34. The summed E-state index contributed by atoms with van der Waals surface area (Å²) >= 11 is 5.75. The van der Waals surface area contributed by atoms with E-state index in [1.54, 1.807) is 0 Å². The molecular formula is C28H53ClN2O3. The molecule has 0 saturated carbocycles. The Morgan fingerprint density at radius 2 is 1.18 bits per heavy atom. The zero-order chi connectivity index (χ0) is 24.7. The Bertz CT molecular complexity index is 496. The second kappa shape index (κ2) is 22.6. The molecule has 0 aromatic carbocycles. The van der Waals surface area contributed by atoms with Gasteiger partial charge in [0.1, 0.15) is 0 Å². The van der Waals surface area contributed by atoms with E-state index in [1.165, 1.54) is 83.5 Å². The summed E-state index contributed by atoms with van der Waals surface area (Å²) in [6, 6.07) is 0. The second-order valence-electron chi connectivity index (χ2n) is 9.94. The molecule has 1 amide bonds. The third-order valence-corrected chi connectivity index (χ3v) is 7.15. The number of carbonyl (C=O) groups excluding carboxylic acids is 2. The molecule has 1 heterocycles. The molecule has 0 aromatic heterocycles. The minimum absolute atomic E-state index is 0.0703. The van der Waals surface area contributed by atoms with Gasteiger partial charge >= 0.3 is 5.97 Å². The van der Waals surface area contributed by atoms with Crippen LogP contribution in [0.4, 0.5) is 0 Å². The first kappa shape index (κ1) is 31.2. The van der Waals surface area contributed by atoms with Crippen LogP contribution in [0.15, 0.2) is 0 Å². The molecule has 1 aliphatic rings. The summed E-state index contributed by atoms with van der Waals surface area (Å²) < 4.78 is 5.32. The van der Waals surface area contributed by atoms with E-state index in [4.69, 9.17) is 16.3 Å². The smallest absolute Gasteiger partial charge is 0.306 e. The zero-order valence-electron chi connectivity index (χ0n) is 22.2. The average molecular weight is 501 g/mol. The molecule has 5 nitrogen and oxygen atoms in total. The highest BCUT2D eigenvalue weighted by Gasteiger charge is 2.21. The molecule has 0 radical (unpaired) electrons. The summed E-state index contributed by atoms with van der Waals surface area (Å²) in [5.74, 6) is 0.515. The lowest BCUT2D eigenvalue weighted by Crippen LogP contribution is -2.48. The number of piperazine rings is 1. The van der Waals surface area contributed by atoms with E-state index in [2.05, 4.69) is 11.8 Å². The fourth-order valence-corrected chi connectivity index (χ4v) is 4.72. The van der Waals surface area contributed by atoms with E-state index < -0.39 is 0 Å². The number of alkyl halides is 1. The van der Waals surface area contributed by atoms with Gasteiger partial charge in [0.15, 0.2) is 0 Å². The number of unbranched alkanes of at least 4 members (excludes halogenated alkanes) is 14. The van der Waals surface area contributed by atoms with Crippen molar-refractivity contribution in [2.75, 3.05) is 45.2 Å². The minimum Gasteiger partial charge on any atom is -0.466 e. The van der Waals surface area contributed by atoms with E-state index in [-0.39, 0.29) is 24.7 Å². The Balaban J connectivity index is 1.84. The predicted octanol–water partition coefficient (Wildman–Crippen LogP) is 6.95. The highest BCUT2D eigenvalue weighted by Crippen LogP contribution is 2.13. The van der Waals surface area contributed by atoms with Crippen LogP contribution in [0.3, 0.4) is 0 Å². The summed E-state index contributed by atoms with van der Waals surface area (Å²) in [6.07, 6.45) is 21.3. The number of halogens is 1. The number of hydrogen-bond acceptors (Lipinski definition) is 4. The Labute approximate surface area is 215 Å². The van der Waals surface area contributed by atoms with Crippen LogP contribution >= 0.6 is 11.6 Å². The number of esters is 1. The molecule has 0 N–H and O–H groups in total. The first-order chi connectivity index (χ1) is 16.7. The van der Waals surface area contributed by atoms with Crippen molar-refractivity contribution < 1.29 is 14.3 Å². The van der Waals surface area contributed by atoms with Crippen LogP contribution in [-0.4, -0.2) is 66.9 Å². The molecule has 1 saturated heterocycles. The highest BCUT2D eigenvalue weighted by atomic mass is 35.5. The molecule has 1 aliphatic heterocycles. The molecule has 0 bridgehead atoms. The van der Waals surface area contributed by atoms with E-state index in [0.29, 0.717) is 12.5 Å². The maximum atomic E-state index is 12.3. The van der Waals surface area contributed by atoms with Gasteiger partial charge < -0.3 is 9.64 Å². The third-order valence-electron chi connectivity index (χ3n) is 6.89. The maximum Gasteiger partial charge on any atom is 0.306 e. The van der Waals surface area contributed by atoms with Crippen molar-refractivity contribution in [3.05, 3.63) is 0 Å². The van der Waals surface area contributed by atoms with Gasteiger partial charge in [0.25, 0.3) is 0 Å². The van der Waals surface area contributed by atoms with Crippen molar-refractivity contribution in [1.29, 1.82) is 0 Å². The zero-order valence-corrected chi connectivity index (χ0v) is 22.9. The highest BCUT2D eigenvalue weighted by molar-refractivity contribution is 6.17. The minimum atomic E-state index is -0.237. The Kier molecular flexibility index (Phi) is 20.8. The lowest BCUT2D eigenvalue weighted by molar-refractivity contribution is -0.146. The van der Waals surface area contributed by atoms with E-state index in [9.17, 15) is 9.59 Å². The second-order valence-corrected chi connectivity index (χ2v) is 10.3.